The molecule has 1 amide bonds. The van der Waals surface area contributed by atoms with E-state index in [-0.39, 0.29) is 15.5 Å². The molecule has 1 atom stereocenters. The zero-order valence-electron chi connectivity index (χ0n) is 19.3. The Balaban J connectivity index is 1.87. The third-order valence-corrected chi connectivity index (χ3v) is 8.14. The Kier molecular flexibility index (Phi) is 7.81. The van der Waals surface area contributed by atoms with Crippen LogP contribution in [0.1, 0.15) is 18.5 Å². The largest absolute Gasteiger partial charge is 0.497 e. The SMILES string of the molecule is COc1ccc(S(=O)(=O)N(CC(=O)NC(C)c2ccc(S(C)(=O)=O)cc2)c2ccccc2F)cc1. The maximum atomic E-state index is 14.6. The first-order valence-corrected chi connectivity index (χ1v) is 13.8. The van der Waals surface area contributed by atoms with Gasteiger partial charge in [-0.05, 0) is 61.0 Å². The fourth-order valence-corrected chi connectivity index (χ4v) is 5.39. The molecule has 0 aromatic heterocycles. The number of amides is 1. The Bertz CT molecular complexity index is 1410. The summed E-state index contributed by atoms with van der Waals surface area (Å²) in [4.78, 5) is 12.9. The van der Waals surface area contributed by atoms with Gasteiger partial charge in [-0.1, -0.05) is 24.3 Å². The summed E-state index contributed by atoms with van der Waals surface area (Å²) in [6, 6.07) is 16.2. The minimum absolute atomic E-state index is 0.135. The van der Waals surface area contributed by atoms with Crippen LogP contribution in [-0.4, -0.2) is 42.7 Å². The maximum absolute atomic E-state index is 14.6. The Morgan fingerprint density at radius 2 is 1.51 bits per heavy atom. The maximum Gasteiger partial charge on any atom is 0.264 e. The molecule has 0 radical (unpaired) electrons. The topological polar surface area (TPSA) is 110 Å². The first kappa shape index (κ1) is 26.2. The van der Waals surface area contributed by atoms with Crippen molar-refractivity contribution in [2.45, 2.75) is 22.8 Å². The number of para-hydroxylation sites is 1. The zero-order valence-corrected chi connectivity index (χ0v) is 20.9. The summed E-state index contributed by atoms with van der Waals surface area (Å²) in [5.41, 5.74) is 0.338. The second-order valence-corrected chi connectivity index (χ2v) is 11.6. The number of hydrogen-bond donors (Lipinski definition) is 1. The van der Waals surface area contributed by atoms with Crippen molar-refractivity contribution >= 4 is 31.5 Å². The number of benzene rings is 3. The van der Waals surface area contributed by atoms with E-state index in [1.807, 2.05) is 0 Å². The third-order valence-electron chi connectivity index (χ3n) is 5.24. The van der Waals surface area contributed by atoms with Crippen LogP contribution in [0.15, 0.2) is 82.6 Å². The molecule has 1 N–H and O–H groups in total. The highest BCUT2D eigenvalue weighted by Crippen LogP contribution is 2.27. The summed E-state index contributed by atoms with van der Waals surface area (Å²) in [7, 11) is -6.24. The standard InChI is InChI=1S/C24H25FN2O6S2/c1-17(18-8-12-20(13-9-18)34(3,29)30)26-24(28)16-27(23-7-5-4-6-22(23)25)35(31,32)21-14-10-19(33-2)11-15-21/h4-15,17H,16H2,1-3H3,(H,26,28). The molecule has 0 fully saturated rings. The van der Waals surface area contributed by atoms with Crippen molar-refractivity contribution in [3.05, 3.63) is 84.2 Å². The Morgan fingerprint density at radius 1 is 0.943 bits per heavy atom. The van der Waals surface area contributed by atoms with Crippen molar-refractivity contribution in [3.8, 4) is 5.75 Å². The average Bonchev–Trinajstić information content (AvgIpc) is 2.82. The van der Waals surface area contributed by atoms with Gasteiger partial charge < -0.3 is 10.1 Å². The molecule has 0 saturated carbocycles. The second-order valence-electron chi connectivity index (χ2n) is 7.77. The summed E-state index contributed by atoms with van der Waals surface area (Å²) < 4.78 is 70.5. The molecule has 0 saturated heterocycles. The molecule has 0 spiro atoms. The van der Waals surface area contributed by atoms with Crippen molar-refractivity contribution in [2.75, 3.05) is 24.2 Å². The number of anilines is 1. The molecule has 8 nitrogen and oxygen atoms in total. The van der Waals surface area contributed by atoms with Gasteiger partial charge in [0.15, 0.2) is 9.84 Å². The molecule has 35 heavy (non-hydrogen) atoms. The van der Waals surface area contributed by atoms with Gasteiger partial charge >= 0.3 is 0 Å². The number of carbonyl (C=O) groups excluding carboxylic acids is 1. The van der Waals surface area contributed by atoms with E-state index in [0.29, 0.717) is 15.6 Å². The minimum atomic E-state index is -4.31. The Morgan fingerprint density at radius 3 is 2.06 bits per heavy atom. The third kappa shape index (κ3) is 6.17. The predicted molar refractivity (Wildman–Crippen MR) is 130 cm³/mol. The molecule has 186 valence electrons. The highest BCUT2D eigenvalue weighted by Gasteiger charge is 2.29. The van der Waals surface area contributed by atoms with Gasteiger partial charge in [0.05, 0.1) is 28.6 Å². The number of hydrogen-bond acceptors (Lipinski definition) is 6. The molecule has 0 aliphatic rings. The monoisotopic (exact) mass is 520 g/mol. The molecule has 0 aliphatic carbocycles. The number of nitrogens with zero attached hydrogens (tertiary/aromatic N) is 1. The number of nitrogens with one attached hydrogen (secondary N) is 1. The van der Waals surface area contributed by atoms with E-state index >= 15 is 0 Å². The molecule has 3 rings (SSSR count). The van der Waals surface area contributed by atoms with Gasteiger partial charge in [0, 0.05) is 6.26 Å². The quantitative estimate of drug-likeness (QED) is 0.464. The zero-order chi connectivity index (χ0) is 25.8. The van der Waals surface area contributed by atoms with E-state index in [4.69, 9.17) is 4.74 Å². The Labute approximate surface area is 204 Å². The molecule has 11 heteroatoms. The van der Waals surface area contributed by atoms with Gasteiger partial charge in [-0.15, -0.1) is 0 Å². The highest BCUT2D eigenvalue weighted by atomic mass is 32.2. The normalized spacial score (nSPS) is 12.6. The number of rotatable bonds is 9. The van der Waals surface area contributed by atoms with Gasteiger partial charge in [0.2, 0.25) is 5.91 Å². The molecule has 3 aromatic carbocycles. The lowest BCUT2D eigenvalue weighted by molar-refractivity contribution is -0.120. The summed E-state index contributed by atoms with van der Waals surface area (Å²) in [5.74, 6) is -1.04. The van der Waals surface area contributed by atoms with Crippen molar-refractivity contribution in [1.82, 2.24) is 5.32 Å². The van der Waals surface area contributed by atoms with E-state index in [1.54, 1.807) is 19.1 Å². The summed E-state index contributed by atoms with van der Waals surface area (Å²) in [5, 5.41) is 2.68. The predicted octanol–water partition coefficient (Wildman–Crippen LogP) is 3.31. The summed E-state index contributed by atoms with van der Waals surface area (Å²) >= 11 is 0. The number of ether oxygens (including phenoxy) is 1. The molecular formula is C24H25FN2O6S2. The fourth-order valence-electron chi connectivity index (χ4n) is 3.33. The first-order chi connectivity index (χ1) is 16.4. The van der Waals surface area contributed by atoms with Crippen LogP contribution in [-0.2, 0) is 24.7 Å². The van der Waals surface area contributed by atoms with Gasteiger partial charge in [-0.2, -0.15) is 0 Å². The van der Waals surface area contributed by atoms with Crippen LogP contribution < -0.4 is 14.4 Å². The molecule has 3 aromatic rings. The van der Waals surface area contributed by atoms with E-state index in [0.717, 1.165) is 12.3 Å². The molecule has 0 aliphatic heterocycles. The summed E-state index contributed by atoms with van der Waals surface area (Å²) in [6.07, 6.45) is 1.09. The lowest BCUT2D eigenvalue weighted by Crippen LogP contribution is -2.42. The van der Waals surface area contributed by atoms with Crippen molar-refractivity contribution in [3.63, 3.8) is 0 Å². The summed E-state index contributed by atoms with van der Waals surface area (Å²) in [6.45, 7) is 0.986. The molecule has 0 bridgehead atoms. The molecule has 0 heterocycles. The number of sulfone groups is 1. The van der Waals surface area contributed by atoms with Gasteiger partial charge in [-0.25, -0.2) is 21.2 Å². The van der Waals surface area contributed by atoms with E-state index in [1.165, 1.54) is 61.7 Å². The van der Waals surface area contributed by atoms with Crippen LogP contribution in [0.2, 0.25) is 0 Å². The fraction of sp³-hybridized carbons (Fsp3) is 0.208. The van der Waals surface area contributed by atoms with Gasteiger partial charge in [0.25, 0.3) is 10.0 Å². The van der Waals surface area contributed by atoms with Crippen LogP contribution >= 0.6 is 0 Å². The van der Waals surface area contributed by atoms with Crippen LogP contribution in [0, 0.1) is 5.82 Å². The van der Waals surface area contributed by atoms with Crippen molar-refractivity contribution in [1.29, 1.82) is 0 Å². The minimum Gasteiger partial charge on any atom is -0.497 e. The van der Waals surface area contributed by atoms with Gasteiger partial charge in [-0.3, -0.25) is 9.10 Å². The molecular weight excluding hydrogens is 495 g/mol. The van der Waals surface area contributed by atoms with Gasteiger partial charge in [0.1, 0.15) is 18.1 Å². The average molecular weight is 521 g/mol. The lowest BCUT2D eigenvalue weighted by Gasteiger charge is -2.25. The van der Waals surface area contributed by atoms with Crippen LogP contribution in [0.3, 0.4) is 0 Å². The van der Waals surface area contributed by atoms with Crippen molar-refractivity contribution < 1.29 is 30.8 Å². The second kappa shape index (κ2) is 10.4. The van der Waals surface area contributed by atoms with E-state index < -0.39 is 44.2 Å². The first-order valence-electron chi connectivity index (χ1n) is 10.4. The lowest BCUT2D eigenvalue weighted by atomic mass is 10.1. The smallest absolute Gasteiger partial charge is 0.264 e. The van der Waals surface area contributed by atoms with Crippen molar-refractivity contribution in [2.24, 2.45) is 0 Å². The van der Waals surface area contributed by atoms with E-state index in [9.17, 15) is 26.0 Å². The Hall–Kier alpha value is -3.44. The number of methoxy groups -OCH3 is 1. The van der Waals surface area contributed by atoms with Crippen LogP contribution in [0.25, 0.3) is 0 Å². The molecule has 1 unspecified atom stereocenters. The number of halogens is 1. The number of carbonyl (C=O) groups is 1. The van der Waals surface area contributed by atoms with E-state index in [2.05, 4.69) is 5.32 Å². The van der Waals surface area contributed by atoms with Crippen LogP contribution in [0.4, 0.5) is 10.1 Å². The number of sulfonamides is 1. The highest BCUT2D eigenvalue weighted by molar-refractivity contribution is 7.93. The van der Waals surface area contributed by atoms with Crippen LogP contribution in [0.5, 0.6) is 5.75 Å².